The Labute approximate surface area is 170 Å². The van der Waals surface area contributed by atoms with Gasteiger partial charge in [-0.05, 0) is 23.6 Å². The fourth-order valence-corrected chi connectivity index (χ4v) is 3.15. The molecule has 1 amide bonds. The molecule has 0 bridgehead atoms. The average Bonchev–Trinajstić information content (AvgIpc) is 3.16. The van der Waals surface area contributed by atoms with E-state index in [0.717, 1.165) is 16.3 Å². The van der Waals surface area contributed by atoms with Gasteiger partial charge in [0.2, 0.25) is 0 Å². The van der Waals surface area contributed by atoms with Gasteiger partial charge in [-0.15, -0.1) is 11.3 Å². The summed E-state index contributed by atoms with van der Waals surface area (Å²) in [5.41, 5.74) is 2.16. The Hall–Kier alpha value is -2.61. The SMILES string of the molecule is CN=C(NCc1cccc(OCC(=O)N(C)C)c1)NCc1nc(C(C)C)cs1. The maximum atomic E-state index is 11.6. The summed E-state index contributed by atoms with van der Waals surface area (Å²) in [7, 11) is 5.16. The number of nitrogens with zero attached hydrogens (tertiary/aromatic N) is 3. The smallest absolute Gasteiger partial charge is 0.259 e. The number of ether oxygens (including phenoxy) is 1. The Morgan fingerprint density at radius 1 is 1.29 bits per heavy atom. The van der Waals surface area contributed by atoms with Gasteiger partial charge in [0.05, 0.1) is 12.2 Å². The molecule has 0 aliphatic rings. The van der Waals surface area contributed by atoms with Crippen molar-refractivity contribution in [1.29, 1.82) is 0 Å². The lowest BCUT2D eigenvalue weighted by Crippen LogP contribution is -2.36. The van der Waals surface area contributed by atoms with Gasteiger partial charge in [0.25, 0.3) is 5.91 Å². The largest absolute Gasteiger partial charge is 0.484 e. The van der Waals surface area contributed by atoms with Crippen LogP contribution in [0.5, 0.6) is 5.75 Å². The molecule has 28 heavy (non-hydrogen) atoms. The van der Waals surface area contributed by atoms with Crippen LogP contribution in [0, 0.1) is 0 Å². The van der Waals surface area contributed by atoms with Crippen molar-refractivity contribution >= 4 is 23.2 Å². The molecule has 8 heteroatoms. The molecule has 0 aliphatic heterocycles. The number of likely N-dealkylation sites (N-methyl/N-ethyl adjacent to an activating group) is 1. The van der Waals surface area contributed by atoms with Crippen molar-refractivity contribution in [3.05, 3.63) is 45.9 Å². The summed E-state index contributed by atoms with van der Waals surface area (Å²) in [5, 5.41) is 9.70. The number of hydrogen-bond donors (Lipinski definition) is 2. The molecule has 0 saturated heterocycles. The van der Waals surface area contributed by atoms with Gasteiger partial charge >= 0.3 is 0 Å². The van der Waals surface area contributed by atoms with Crippen LogP contribution >= 0.6 is 11.3 Å². The molecule has 1 aromatic heterocycles. The first kappa shape index (κ1) is 21.7. The second kappa shape index (κ2) is 10.7. The molecular formula is C20H29N5O2S. The second-order valence-corrected chi connectivity index (χ2v) is 7.77. The zero-order chi connectivity index (χ0) is 20.5. The van der Waals surface area contributed by atoms with Crippen molar-refractivity contribution in [2.24, 2.45) is 4.99 Å². The molecule has 0 aliphatic carbocycles. The highest BCUT2D eigenvalue weighted by atomic mass is 32.1. The molecule has 2 rings (SSSR count). The Balaban J connectivity index is 1.83. The first-order chi connectivity index (χ1) is 13.4. The Morgan fingerprint density at radius 2 is 2.04 bits per heavy atom. The minimum atomic E-state index is -0.0732. The van der Waals surface area contributed by atoms with E-state index in [1.165, 1.54) is 4.90 Å². The lowest BCUT2D eigenvalue weighted by Gasteiger charge is -2.13. The van der Waals surface area contributed by atoms with Crippen molar-refractivity contribution in [1.82, 2.24) is 20.5 Å². The summed E-state index contributed by atoms with van der Waals surface area (Å²) in [5.74, 6) is 1.73. The highest BCUT2D eigenvalue weighted by Crippen LogP contribution is 2.17. The van der Waals surface area contributed by atoms with Crippen LogP contribution in [0.3, 0.4) is 0 Å². The van der Waals surface area contributed by atoms with E-state index in [1.807, 2.05) is 24.3 Å². The number of carbonyl (C=O) groups excluding carboxylic acids is 1. The molecule has 1 heterocycles. The summed E-state index contributed by atoms with van der Waals surface area (Å²) in [4.78, 5) is 22.0. The van der Waals surface area contributed by atoms with Crippen LogP contribution < -0.4 is 15.4 Å². The molecule has 1 aromatic carbocycles. The zero-order valence-electron chi connectivity index (χ0n) is 17.2. The van der Waals surface area contributed by atoms with Crippen LogP contribution in [0.15, 0.2) is 34.6 Å². The topological polar surface area (TPSA) is 78.9 Å². The summed E-state index contributed by atoms with van der Waals surface area (Å²) in [6.45, 7) is 5.53. The van der Waals surface area contributed by atoms with E-state index in [0.29, 0.717) is 30.7 Å². The third-order valence-corrected chi connectivity index (χ3v) is 4.88. The summed E-state index contributed by atoms with van der Waals surface area (Å²) in [6.07, 6.45) is 0. The van der Waals surface area contributed by atoms with E-state index in [4.69, 9.17) is 4.74 Å². The number of aliphatic imine (C=N–C) groups is 1. The van der Waals surface area contributed by atoms with Crippen LogP contribution in [-0.4, -0.2) is 49.5 Å². The van der Waals surface area contributed by atoms with E-state index in [2.05, 4.69) is 39.8 Å². The molecule has 0 spiro atoms. The number of hydrogen-bond acceptors (Lipinski definition) is 5. The predicted molar refractivity (Wildman–Crippen MR) is 114 cm³/mol. The fourth-order valence-electron chi connectivity index (χ4n) is 2.26. The molecule has 152 valence electrons. The van der Waals surface area contributed by atoms with Crippen LogP contribution in [-0.2, 0) is 17.9 Å². The first-order valence-electron chi connectivity index (χ1n) is 9.19. The zero-order valence-corrected chi connectivity index (χ0v) is 18.0. The minimum absolute atomic E-state index is 0.0271. The Morgan fingerprint density at radius 3 is 2.68 bits per heavy atom. The van der Waals surface area contributed by atoms with Crippen molar-refractivity contribution in [2.45, 2.75) is 32.9 Å². The highest BCUT2D eigenvalue weighted by molar-refractivity contribution is 7.09. The number of rotatable bonds is 8. The van der Waals surface area contributed by atoms with Crippen LogP contribution in [0.1, 0.15) is 36.0 Å². The normalized spacial score (nSPS) is 11.4. The first-order valence-corrected chi connectivity index (χ1v) is 10.1. The van der Waals surface area contributed by atoms with Crippen molar-refractivity contribution in [2.75, 3.05) is 27.7 Å². The maximum absolute atomic E-state index is 11.6. The number of amides is 1. The number of aromatic nitrogens is 1. The summed E-state index contributed by atoms with van der Waals surface area (Å²) < 4.78 is 5.56. The lowest BCUT2D eigenvalue weighted by atomic mass is 10.2. The molecule has 0 saturated carbocycles. The fraction of sp³-hybridized carbons (Fsp3) is 0.450. The lowest BCUT2D eigenvalue weighted by molar-refractivity contribution is -0.130. The van der Waals surface area contributed by atoms with E-state index >= 15 is 0 Å². The van der Waals surface area contributed by atoms with Gasteiger partial charge in [-0.1, -0.05) is 26.0 Å². The van der Waals surface area contributed by atoms with Gasteiger partial charge in [0.15, 0.2) is 12.6 Å². The number of thiazole rings is 1. The average molecular weight is 404 g/mol. The van der Waals surface area contributed by atoms with Gasteiger partial charge < -0.3 is 20.3 Å². The number of guanidine groups is 1. The van der Waals surface area contributed by atoms with Crippen LogP contribution in [0.2, 0.25) is 0 Å². The molecule has 7 nitrogen and oxygen atoms in total. The summed E-state index contributed by atoms with van der Waals surface area (Å²) >= 11 is 1.65. The van der Waals surface area contributed by atoms with Gasteiger partial charge in [-0.2, -0.15) is 0 Å². The van der Waals surface area contributed by atoms with Gasteiger partial charge in [-0.3, -0.25) is 9.79 Å². The quantitative estimate of drug-likeness (QED) is 0.523. The summed E-state index contributed by atoms with van der Waals surface area (Å²) in [6, 6.07) is 7.66. The third kappa shape index (κ3) is 6.84. The molecule has 0 radical (unpaired) electrons. The van der Waals surface area contributed by atoms with Gasteiger partial charge in [0, 0.05) is 33.1 Å². The maximum Gasteiger partial charge on any atom is 0.259 e. The van der Waals surface area contributed by atoms with Crippen molar-refractivity contribution in [3.8, 4) is 5.75 Å². The van der Waals surface area contributed by atoms with E-state index < -0.39 is 0 Å². The van der Waals surface area contributed by atoms with E-state index in [9.17, 15) is 4.79 Å². The Kier molecular flexibility index (Phi) is 8.25. The highest BCUT2D eigenvalue weighted by Gasteiger charge is 2.07. The van der Waals surface area contributed by atoms with Crippen molar-refractivity contribution < 1.29 is 9.53 Å². The standard InChI is InChI=1S/C20H29N5O2S/c1-14(2)17-13-28-18(24-17)11-23-20(21-3)22-10-15-7-6-8-16(9-15)27-12-19(26)25(4)5/h6-9,13-14H,10-12H2,1-5H3,(H2,21,22,23). The van der Waals surface area contributed by atoms with E-state index in [-0.39, 0.29) is 12.5 Å². The monoisotopic (exact) mass is 403 g/mol. The second-order valence-electron chi connectivity index (χ2n) is 6.82. The number of carbonyl (C=O) groups is 1. The van der Waals surface area contributed by atoms with Gasteiger partial charge in [0.1, 0.15) is 10.8 Å². The molecule has 0 unspecified atom stereocenters. The van der Waals surface area contributed by atoms with Crippen LogP contribution in [0.4, 0.5) is 0 Å². The van der Waals surface area contributed by atoms with Crippen molar-refractivity contribution in [3.63, 3.8) is 0 Å². The molecule has 2 N–H and O–H groups in total. The molecular weight excluding hydrogens is 374 g/mol. The molecule has 0 atom stereocenters. The van der Waals surface area contributed by atoms with Crippen LogP contribution in [0.25, 0.3) is 0 Å². The minimum Gasteiger partial charge on any atom is -0.484 e. The molecule has 0 fully saturated rings. The number of benzene rings is 1. The molecule has 2 aromatic rings. The van der Waals surface area contributed by atoms with E-state index in [1.54, 1.807) is 32.5 Å². The van der Waals surface area contributed by atoms with Gasteiger partial charge in [-0.25, -0.2) is 4.98 Å². The Bertz CT molecular complexity index is 801. The predicted octanol–water partition coefficient (Wildman–Crippen LogP) is 2.60. The third-order valence-electron chi connectivity index (χ3n) is 4.01. The number of nitrogens with one attached hydrogen (secondary N) is 2.